The average molecular weight is 278 g/mol. The minimum atomic E-state index is -4.49. The second-order valence-electron chi connectivity index (χ2n) is 3.11. The molecule has 1 heterocycles. The van der Waals surface area contributed by atoms with Crippen LogP contribution in [0.4, 0.5) is 13.2 Å². The van der Waals surface area contributed by atoms with E-state index < -0.39 is 11.5 Å². The minimum Gasteiger partial charge on any atom is -0.477 e. The Morgan fingerprint density at radius 1 is 1.29 bits per heavy atom. The number of fused-ring (bicyclic) bond motifs is 1. The number of aromatic carboxylic acids is 1. The highest BCUT2D eigenvalue weighted by Crippen LogP contribution is 2.45. The number of carbonyl (C=O) groups is 1. The molecule has 2 aromatic rings. The van der Waals surface area contributed by atoms with Gasteiger partial charge in [0.2, 0.25) is 0 Å². The summed E-state index contributed by atoms with van der Waals surface area (Å²) in [5.41, 5.74) is -4.49. The molecule has 0 saturated heterocycles. The fraction of sp³-hybridized carbons (Fsp3) is 0.100. The molecule has 2 nitrogen and oxygen atoms in total. The van der Waals surface area contributed by atoms with Crippen LogP contribution in [-0.2, 0) is 0 Å². The molecule has 17 heavy (non-hydrogen) atoms. The van der Waals surface area contributed by atoms with Gasteiger partial charge < -0.3 is 5.11 Å². The number of benzene rings is 1. The van der Waals surface area contributed by atoms with Crippen LogP contribution < -0.4 is 0 Å². The second-order valence-corrected chi connectivity index (χ2v) is 5.24. The van der Waals surface area contributed by atoms with Crippen LogP contribution in [0.15, 0.2) is 29.2 Å². The standard InChI is InChI=1S/C10H5F3O2S2/c11-10(12,13)17-7-5-3-1-2-4-6(5)16-8(7)9(14)15/h1-4H,(H,14,15). The van der Waals surface area contributed by atoms with Crippen LogP contribution in [0.5, 0.6) is 0 Å². The van der Waals surface area contributed by atoms with Gasteiger partial charge in [0.25, 0.3) is 0 Å². The van der Waals surface area contributed by atoms with Gasteiger partial charge in [-0.3, -0.25) is 0 Å². The number of rotatable bonds is 2. The van der Waals surface area contributed by atoms with Crippen LogP contribution in [-0.4, -0.2) is 16.6 Å². The van der Waals surface area contributed by atoms with Gasteiger partial charge in [0.05, 0.1) is 0 Å². The molecule has 1 aromatic heterocycles. The Balaban J connectivity index is 2.64. The van der Waals surface area contributed by atoms with Gasteiger partial charge in [-0.2, -0.15) is 13.2 Å². The minimum absolute atomic E-state index is 0.231. The number of hydrogen-bond donors (Lipinski definition) is 1. The van der Waals surface area contributed by atoms with Gasteiger partial charge in [-0.25, -0.2) is 4.79 Å². The van der Waals surface area contributed by atoms with Crippen molar-refractivity contribution in [3.05, 3.63) is 29.1 Å². The first-order chi connectivity index (χ1) is 7.88. The van der Waals surface area contributed by atoms with E-state index in [1.54, 1.807) is 18.2 Å². The summed E-state index contributed by atoms with van der Waals surface area (Å²) in [4.78, 5) is 10.4. The Bertz CT molecular complexity index is 574. The van der Waals surface area contributed by atoms with E-state index in [4.69, 9.17) is 5.11 Å². The summed E-state index contributed by atoms with van der Waals surface area (Å²) < 4.78 is 37.6. The molecule has 0 amide bonds. The first kappa shape index (κ1) is 12.3. The van der Waals surface area contributed by atoms with Gasteiger partial charge in [0.1, 0.15) is 4.88 Å². The van der Waals surface area contributed by atoms with E-state index in [2.05, 4.69) is 0 Å². The van der Waals surface area contributed by atoms with Crippen molar-refractivity contribution in [3.63, 3.8) is 0 Å². The molecule has 90 valence electrons. The lowest BCUT2D eigenvalue weighted by Crippen LogP contribution is -2.02. The Hall–Kier alpha value is -1.21. The summed E-state index contributed by atoms with van der Waals surface area (Å²) in [6.45, 7) is 0. The zero-order valence-corrected chi connectivity index (χ0v) is 9.75. The van der Waals surface area contributed by atoms with Crippen LogP contribution in [0.25, 0.3) is 10.1 Å². The highest BCUT2D eigenvalue weighted by Gasteiger charge is 2.33. The highest BCUT2D eigenvalue weighted by molar-refractivity contribution is 8.00. The van der Waals surface area contributed by atoms with Gasteiger partial charge in [-0.15, -0.1) is 11.3 Å². The number of carboxylic acid groups (broad SMARTS) is 1. The molecule has 0 bridgehead atoms. The maximum atomic E-state index is 12.4. The van der Waals surface area contributed by atoms with Crippen molar-refractivity contribution in [2.45, 2.75) is 10.4 Å². The molecule has 1 N–H and O–H groups in total. The molecule has 0 aliphatic rings. The fourth-order valence-electron chi connectivity index (χ4n) is 1.38. The zero-order chi connectivity index (χ0) is 12.6. The quantitative estimate of drug-likeness (QED) is 0.836. The molecule has 0 fully saturated rings. The van der Waals surface area contributed by atoms with Crippen LogP contribution >= 0.6 is 23.1 Å². The maximum Gasteiger partial charge on any atom is 0.446 e. The Morgan fingerprint density at radius 2 is 1.94 bits per heavy atom. The van der Waals surface area contributed by atoms with E-state index in [1.165, 1.54) is 6.07 Å². The molecule has 0 aliphatic heterocycles. The van der Waals surface area contributed by atoms with E-state index >= 15 is 0 Å². The van der Waals surface area contributed by atoms with E-state index in [1.807, 2.05) is 0 Å². The average Bonchev–Trinajstić information content (AvgIpc) is 2.55. The van der Waals surface area contributed by atoms with Gasteiger partial charge >= 0.3 is 11.5 Å². The molecule has 0 atom stereocenters. The molecular formula is C10H5F3O2S2. The lowest BCUT2D eigenvalue weighted by molar-refractivity contribution is -0.0327. The third kappa shape index (κ3) is 2.55. The normalized spacial score (nSPS) is 11.9. The number of hydrogen-bond acceptors (Lipinski definition) is 3. The van der Waals surface area contributed by atoms with Crippen molar-refractivity contribution >= 4 is 39.2 Å². The molecule has 0 unspecified atom stereocenters. The smallest absolute Gasteiger partial charge is 0.446 e. The monoisotopic (exact) mass is 278 g/mol. The maximum absolute atomic E-state index is 12.4. The first-order valence-corrected chi connectivity index (χ1v) is 6.02. The number of alkyl halides is 3. The van der Waals surface area contributed by atoms with Gasteiger partial charge in [-0.1, -0.05) is 18.2 Å². The SMILES string of the molecule is O=C(O)c1sc2ccccc2c1SC(F)(F)F. The van der Waals surface area contributed by atoms with Crippen molar-refractivity contribution in [3.8, 4) is 0 Å². The van der Waals surface area contributed by atoms with Gasteiger partial charge in [-0.05, 0) is 17.8 Å². The van der Waals surface area contributed by atoms with Crippen LogP contribution in [0, 0.1) is 0 Å². The van der Waals surface area contributed by atoms with Crippen molar-refractivity contribution in [1.29, 1.82) is 0 Å². The lowest BCUT2D eigenvalue weighted by Gasteiger charge is -2.05. The molecule has 0 spiro atoms. The van der Waals surface area contributed by atoms with Gasteiger partial charge in [0.15, 0.2) is 0 Å². The van der Waals surface area contributed by atoms with Crippen molar-refractivity contribution in [2.24, 2.45) is 0 Å². The molecule has 7 heteroatoms. The van der Waals surface area contributed by atoms with Gasteiger partial charge in [0, 0.05) is 15.0 Å². The first-order valence-electron chi connectivity index (χ1n) is 4.39. The van der Waals surface area contributed by atoms with Crippen LogP contribution in [0.1, 0.15) is 9.67 Å². The van der Waals surface area contributed by atoms with Crippen LogP contribution in [0.3, 0.4) is 0 Å². The van der Waals surface area contributed by atoms with Crippen molar-refractivity contribution in [1.82, 2.24) is 0 Å². The lowest BCUT2D eigenvalue weighted by atomic mass is 10.2. The Labute approximate surface area is 102 Å². The summed E-state index contributed by atoms with van der Waals surface area (Å²) in [5.74, 6) is -1.34. The zero-order valence-electron chi connectivity index (χ0n) is 8.12. The Kier molecular flexibility index (Phi) is 3.05. The summed E-state index contributed by atoms with van der Waals surface area (Å²) in [5, 5.41) is 9.22. The summed E-state index contributed by atoms with van der Waals surface area (Å²) in [7, 11) is 0. The summed E-state index contributed by atoms with van der Waals surface area (Å²) in [6.07, 6.45) is 0. The Morgan fingerprint density at radius 3 is 2.53 bits per heavy atom. The number of carboxylic acids is 1. The third-order valence-corrected chi connectivity index (χ3v) is 4.11. The summed E-state index contributed by atoms with van der Waals surface area (Å²) in [6, 6.07) is 6.34. The molecule has 2 rings (SSSR count). The van der Waals surface area contributed by atoms with Crippen molar-refractivity contribution < 1.29 is 23.1 Å². The van der Waals surface area contributed by atoms with Crippen molar-refractivity contribution in [2.75, 3.05) is 0 Å². The molecule has 0 saturated carbocycles. The highest BCUT2D eigenvalue weighted by atomic mass is 32.2. The molecular weight excluding hydrogens is 273 g/mol. The molecule has 0 aliphatic carbocycles. The number of thioether (sulfide) groups is 1. The third-order valence-electron chi connectivity index (χ3n) is 1.96. The number of thiophene rings is 1. The van der Waals surface area contributed by atoms with E-state index in [0.717, 1.165) is 11.3 Å². The largest absolute Gasteiger partial charge is 0.477 e. The van der Waals surface area contributed by atoms with E-state index in [-0.39, 0.29) is 21.5 Å². The molecule has 0 radical (unpaired) electrons. The molecule has 1 aromatic carbocycles. The predicted molar refractivity (Wildman–Crippen MR) is 60.7 cm³/mol. The predicted octanol–water partition coefficient (Wildman–Crippen LogP) is 4.21. The number of halogens is 3. The van der Waals surface area contributed by atoms with E-state index in [0.29, 0.717) is 10.1 Å². The van der Waals surface area contributed by atoms with Crippen LogP contribution in [0.2, 0.25) is 0 Å². The second kappa shape index (κ2) is 4.23. The topological polar surface area (TPSA) is 37.3 Å². The van der Waals surface area contributed by atoms with E-state index in [9.17, 15) is 18.0 Å². The summed E-state index contributed by atoms with van der Waals surface area (Å²) >= 11 is 0.474. The fourth-order valence-corrected chi connectivity index (χ4v) is 3.33.